The van der Waals surface area contributed by atoms with Crippen molar-refractivity contribution in [3.63, 3.8) is 0 Å². The molecule has 6 heteroatoms. The van der Waals surface area contributed by atoms with Crippen LogP contribution in [0, 0.1) is 6.92 Å². The molecule has 19 heavy (non-hydrogen) atoms. The van der Waals surface area contributed by atoms with E-state index in [4.69, 9.17) is 9.52 Å². The van der Waals surface area contributed by atoms with Crippen molar-refractivity contribution in [3.05, 3.63) is 47.7 Å². The van der Waals surface area contributed by atoms with Gasteiger partial charge in [-0.15, -0.1) is 0 Å². The predicted molar refractivity (Wildman–Crippen MR) is 67.4 cm³/mol. The Kier molecular flexibility index (Phi) is 3.33. The molecule has 0 aliphatic rings. The number of carbonyl (C=O) groups is 2. The Morgan fingerprint density at radius 1 is 1.32 bits per heavy atom. The van der Waals surface area contributed by atoms with Crippen LogP contribution >= 0.6 is 0 Å². The highest BCUT2D eigenvalue weighted by atomic mass is 16.4. The van der Waals surface area contributed by atoms with Gasteiger partial charge in [-0.2, -0.15) is 0 Å². The van der Waals surface area contributed by atoms with E-state index < -0.39 is 11.9 Å². The summed E-state index contributed by atoms with van der Waals surface area (Å²) in [6.07, 6.45) is 1.18. The number of amides is 1. The molecule has 0 radical (unpaired) electrons. The number of benzene rings is 1. The van der Waals surface area contributed by atoms with E-state index in [-0.39, 0.29) is 11.3 Å². The maximum atomic E-state index is 12.2. The molecule has 1 aromatic heterocycles. The minimum atomic E-state index is -1.09. The van der Waals surface area contributed by atoms with Gasteiger partial charge in [-0.3, -0.25) is 4.79 Å². The van der Waals surface area contributed by atoms with Crippen LogP contribution in [0.5, 0.6) is 0 Å². The Morgan fingerprint density at radius 3 is 2.58 bits per heavy atom. The van der Waals surface area contributed by atoms with Crippen LogP contribution in [0.2, 0.25) is 0 Å². The van der Waals surface area contributed by atoms with Gasteiger partial charge in [-0.25, -0.2) is 9.78 Å². The lowest BCUT2D eigenvalue weighted by Gasteiger charge is -2.18. The van der Waals surface area contributed by atoms with E-state index in [1.165, 1.54) is 24.4 Å². The van der Waals surface area contributed by atoms with Gasteiger partial charge in [0.1, 0.15) is 0 Å². The van der Waals surface area contributed by atoms with E-state index in [0.29, 0.717) is 11.4 Å². The Balaban J connectivity index is 2.40. The monoisotopic (exact) mass is 260 g/mol. The number of aryl methyl sites for hydroxylation is 1. The summed E-state index contributed by atoms with van der Waals surface area (Å²) < 4.78 is 5.02. The number of hydrogen-bond donors (Lipinski definition) is 1. The first-order valence-electron chi connectivity index (χ1n) is 5.53. The number of rotatable bonds is 3. The van der Waals surface area contributed by atoms with Gasteiger partial charge in [0.15, 0.2) is 6.39 Å². The minimum absolute atomic E-state index is 0.0514. The summed E-state index contributed by atoms with van der Waals surface area (Å²) in [5.74, 6) is -1.43. The topological polar surface area (TPSA) is 83.6 Å². The summed E-state index contributed by atoms with van der Waals surface area (Å²) in [7, 11) is 1.49. The zero-order valence-electron chi connectivity index (χ0n) is 10.5. The number of aromatic nitrogens is 1. The summed E-state index contributed by atoms with van der Waals surface area (Å²) in [6, 6.07) is 6.27. The van der Waals surface area contributed by atoms with Gasteiger partial charge < -0.3 is 14.4 Å². The normalized spacial score (nSPS) is 10.2. The second-order valence-corrected chi connectivity index (χ2v) is 3.95. The Hall–Kier alpha value is -2.63. The summed E-state index contributed by atoms with van der Waals surface area (Å²) in [5.41, 5.74) is 0.816. The fourth-order valence-electron chi connectivity index (χ4n) is 1.72. The van der Waals surface area contributed by atoms with Crippen LogP contribution in [-0.4, -0.2) is 29.0 Å². The quantitative estimate of drug-likeness (QED) is 0.911. The van der Waals surface area contributed by atoms with Gasteiger partial charge in [-0.05, 0) is 19.1 Å². The maximum Gasteiger partial charge on any atom is 0.337 e. The highest BCUT2D eigenvalue weighted by molar-refractivity contribution is 6.08. The van der Waals surface area contributed by atoms with E-state index in [0.717, 1.165) is 0 Å². The number of anilines is 1. The fraction of sp³-hybridized carbons (Fsp3) is 0.154. The molecule has 6 nitrogen and oxygen atoms in total. The van der Waals surface area contributed by atoms with Crippen molar-refractivity contribution in [2.24, 2.45) is 0 Å². The summed E-state index contributed by atoms with van der Waals surface area (Å²) >= 11 is 0. The number of carboxylic acids is 1. The number of aromatic carboxylic acids is 1. The molecule has 2 rings (SSSR count). The van der Waals surface area contributed by atoms with Gasteiger partial charge in [-0.1, -0.05) is 12.1 Å². The first kappa shape index (κ1) is 12.8. The highest BCUT2D eigenvalue weighted by Crippen LogP contribution is 2.21. The Morgan fingerprint density at radius 2 is 2.00 bits per heavy atom. The first-order valence-corrected chi connectivity index (χ1v) is 5.53. The number of carboxylic acid groups (broad SMARTS) is 1. The molecule has 0 saturated carbocycles. The zero-order valence-corrected chi connectivity index (χ0v) is 10.5. The average molecular weight is 260 g/mol. The number of nitrogens with zero attached hydrogens (tertiary/aromatic N) is 2. The summed E-state index contributed by atoms with van der Waals surface area (Å²) in [4.78, 5) is 28.4. The summed E-state index contributed by atoms with van der Waals surface area (Å²) in [5, 5.41) is 9.11. The second-order valence-electron chi connectivity index (χ2n) is 3.95. The minimum Gasteiger partial charge on any atom is -0.478 e. The van der Waals surface area contributed by atoms with Crippen molar-refractivity contribution in [2.75, 3.05) is 11.9 Å². The molecule has 1 amide bonds. The third-order valence-electron chi connectivity index (χ3n) is 2.74. The molecule has 0 aliphatic heterocycles. The number of para-hydroxylation sites is 1. The lowest BCUT2D eigenvalue weighted by molar-refractivity contribution is 0.0697. The Bertz CT molecular complexity index is 633. The molecular formula is C13H12N2O4. The van der Waals surface area contributed by atoms with E-state index in [1.807, 2.05) is 0 Å². The molecule has 0 spiro atoms. The van der Waals surface area contributed by atoms with Crippen molar-refractivity contribution >= 4 is 17.6 Å². The molecular weight excluding hydrogens is 248 g/mol. The van der Waals surface area contributed by atoms with E-state index in [1.54, 1.807) is 25.1 Å². The first-order chi connectivity index (χ1) is 9.02. The van der Waals surface area contributed by atoms with Crippen LogP contribution in [0.3, 0.4) is 0 Å². The van der Waals surface area contributed by atoms with Crippen LogP contribution in [0.15, 0.2) is 35.1 Å². The Labute approximate surface area is 109 Å². The molecule has 0 saturated heterocycles. The van der Waals surface area contributed by atoms with Gasteiger partial charge in [0.25, 0.3) is 5.91 Å². The molecule has 1 heterocycles. The van der Waals surface area contributed by atoms with Gasteiger partial charge >= 0.3 is 5.97 Å². The molecule has 0 atom stereocenters. The summed E-state index contributed by atoms with van der Waals surface area (Å²) in [6.45, 7) is 1.65. The molecule has 0 unspecified atom stereocenters. The molecule has 0 fully saturated rings. The smallest absolute Gasteiger partial charge is 0.337 e. The number of oxazole rings is 1. The van der Waals surface area contributed by atoms with Crippen LogP contribution in [-0.2, 0) is 0 Å². The maximum absolute atomic E-state index is 12.2. The van der Waals surface area contributed by atoms with E-state index in [2.05, 4.69) is 4.98 Å². The lowest BCUT2D eigenvalue weighted by atomic mass is 10.1. The third kappa shape index (κ3) is 2.33. The van der Waals surface area contributed by atoms with E-state index >= 15 is 0 Å². The van der Waals surface area contributed by atoms with Gasteiger partial charge in [0.2, 0.25) is 5.76 Å². The molecule has 0 bridgehead atoms. The van der Waals surface area contributed by atoms with Crippen LogP contribution in [0.4, 0.5) is 5.69 Å². The number of carbonyl (C=O) groups excluding carboxylic acids is 1. The van der Waals surface area contributed by atoms with Crippen LogP contribution in [0.25, 0.3) is 0 Å². The second kappa shape index (κ2) is 4.93. The van der Waals surface area contributed by atoms with Crippen molar-refractivity contribution in [1.29, 1.82) is 0 Å². The van der Waals surface area contributed by atoms with Gasteiger partial charge in [0.05, 0.1) is 16.9 Å². The van der Waals surface area contributed by atoms with Gasteiger partial charge in [0, 0.05) is 7.05 Å². The largest absolute Gasteiger partial charge is 0.478 e. The van der Waals surface area contributed by atoms with Crippen LogP contribution < -0.4 is 4.90 Å². The fourth-order valence-corrected chi connectivity index (χ4v) is 1.72. The van der Waals surface area contributed by atoms with Crippen molar-refractivity contribution in [2.45, 2.75) is 6.92 Å². The molecule has 98 valence electrons. The zero-order chi connectivity index (χ0) is 14.0. The van der Waals surface area contributed by atoms with Crippen molar-refractivity contribution in [3.8, 4) is 0 Å². The lowest BCUT2D eigenvalue weighted by Crippen LogP contribution is -2.28. The standard InChI is InChI=1S/C13H12N2O4/c1-8-11(19-7-14-8)12(16)15(2)10-6-4-3-5-9(10)13(17)18/h3-7H,1-2H3,(H,17,18). The van der Waals surface area contributed by atoms with Crippen molar-refractivity contribution < 1.29 is 19.1 Å². The molecule has 1 N–H and O–H groups in total. The van der Waals surface area contributed by atoms with E-state index in [9.17, 15) is 9.59 Å². The molecule has 0 aliphatic carbocycles. The van der Waals surface area contributed by atoms with Crippen LogP contribution in [0.1, 0.15) is 26.6 Å². The predicted octanol–water partition coefficient (Wildman–Crippen LogP) is 1.96. The average Bonchev–Trinajstić information content (AvgIpc) is 2.83. The SMILES string of the molecule is Cc1ncoc1C(=O)N(C)c1ccccc1C(=O)O. The molecule has 2 aromatic rings. The van der Waals surface area contributed by atoms with Crippen molar-refractivity contribution in [1.82, 2.24) is 4.98 Å². The highest BCUT2D eigenvalue weighted by Gasteiger charge is 2.23. The third-order valence-corrected chi connectivity index (χ3v) is 2.74. The molecule has 1 aromatic carbocycles. The number of hydrogen-bond acceptors (Lipinski definition) is 4.